The minimum absolute atomic E-state index is 0.174. The van der Waals surface area contributed by atoms with E-state index in [0.717, 1.165) is 22.2 Å². The lowest BCUT2D eigenvalue weighted by atomic mass is 9.93. The van der Waals surface area contributed by atoms with Crippen molar-refractivity contribution in [3.8, 4) is 0 Å². The lowest BCUT2D eigenvalue weighted by Gasteiger charge is -2.20. The van der Waals surface area contributed by atoms with Gasteiger partial charge in [0.05, 0.1) is 11.4 Å². The quantitative estimate of drug-likeness (QED) is 0.572. The molecule has 0 aliphatic heterocycles. The van der Waals surface area contributed by atoms with Crippen molar-refractivity contribution in [2.45, 2.75) is 52.2 Å². The molecule has 160 valence electrons. The minimum atomic E-state index is -3.91. The van der Waals surface area contributed by atoms with Crippen LogP contribution in [0.2, 0.25) is 0 Å². The lowest BCUT2D eigenvalue weighted by Crippen LogP contribution is -2.35. The number of anilines is 1. The molecular formula is C22H27N3O4S. The second kappa shape index (κ2) is 8.47. The van der Waals surface area contributed by atoms with Gasteiger partial charge in [-0.1, -0.05) is 57.1 Å². The van der Waals surface area contributed by atoms with Gasteiger partial charge in [0.15, 0.2) is 5.58 Å². The zero-order valence-electron chi connectivity index (χ0n) is 17.8. The van der Waals surface area contributed by atoms with E-state index in [1.54, 1.807) is 18.2 Å². The number of rotatable bonds is 6. The van der Waals surface area contributed by atoms with Crippen molar-refractivity contribution >= 4 is 32.7 Å². The first-order valence-corrected chi connectivity index (χ1v) is 11.5. The molecular weight excluding hydrogens is 402 g/mol. The molecule has 3 aromatic rings. The van der Waals surface area contributed by atoms with Gasteiger partial charge in [-0.2, -0.15) is 0 Å². The molecule has 3 rings (SSSR count). The monoisotopic (exact) mass is 429 g/mol. The Hall–Kier alpha value is -2.87. The number of nitrogens with zero attached hydrogens (tertiary/aromatic N) is 1. The number of urea groups is 1. The highest BCUT2D eigenvalue weighted by molar-refractivity contribution is 7.89. The van der Waals surface area contributed by atoms with Crippen LogP contribution in [0.4, 0.5) is 10.5 Å². The fourth-order valence-electron chi connectivity index (χ4n) is 3.43. The number of carbonyl (C=O) groups excluding carboxylic acids is 1. The number of aryl methyl sites for hydroxylation is 1. The fourth-order valence-corrected chi connectivity index (χ4v) is 4.45. The summed E-state index contributed by atoms with van der Waals surface area (Å²) in [6.45, 7) is 9.93. The lowest BCUT2D eigenvalue weighted by molar-refractivity contribution is 0.256. The van der Waals surface area contributed by atoms with Crippen molar-refractivity contribution in [3.05, 3.63) is 58.8 Å². The average molecular weight is 430 g/mol. The Balaban J connectivity index is 1.78. The normalized spacial score (nSPS) is 12.0. The van der Waals surface area contributed by atoms with Gasteiger partial charge in [0.2, 0.25) is 10.0 Å². The topological polar surface area (TPSA) is 101 Å². The first-order valence-electron chi connectivity index (χ1n) is 9.86. The van der Waals surface area contributed by atoms with Gasteiger partial charge in [0, 0.05) is 11.1 Å². The molecule has 0 radical (unpaired) electrons. The zero-order valence-corrected chi connectivity index (χ0v) is 18.6. The molecule has 30 heavy (non-hydrogen) atoms. The van der Waals surface area contributed by atoms with Crippen LogP contribution in [0.25, 0.3) is 11.0 Å². The third-order valence-electron chi connectivity index (χ3n) is 4.93. The van der Waals surface area contributed by atoms with E-state index >= 15 is 0 Å². The number of benzene rings is 2. The maximum absolute atomic E-state index is 12.6. The number of sulfonamides is 1. The maximum atomic E-state index is 12.6. The molecule has 0 atom stereocenters. The minimum Gasteiger partial charge on any atom is -0.356 e. The van der Waals surface area contributed by atoms with Gasteiger partial charge in [-0.25, -0.2) is 17.9 Å². The molecule has 0 unspecified atom stereocenters. The summed E-state index contributed by atoms with van der Waals surface area (Å²) in [5.74, 6) is -0.000655. The molecule has 8 heteroatoms. The average Bonchev–Trinajstić information content (AvgIpc) is 3.00. The number of amides is 2. The Morgan fingerprint density at radius 1 is 1.07 bits per heavy atom. The molecule has 7 nitrogen and oxygen atoms in total. The van der Waals surface area contributed by atoms with Crippen LogP contribution in [0, 0.1) is 6.92 Å². The number of fused-ring (bicyclic) bond motifs is 1. The highest BCUT2D eigenvalue weighted by Crippen LogP contribution is 2.32. The molecule has 0 fully saturated rings. The largest absolute Gasteiger partial charge is 0.356 e. The van der Waals surface area contributed by atoms with Gasteiger partial charge >= 0.3 is 6.03 Å². The Morgan fingerprint density at radius 2 is 1.70 bits per heavy atom. The van der Waals surface area contributed by atoms with Gasteiger partial charge in [-0.3, -0.25) is 0 Å². The number of aromatic nitrogens is 1. The molecule has 2 aromatic carbocycles. The van der Waals surface area contributed by atoms with Crippen LogP contribution in [0.1, 0.15) is 61.9 Å². The van der Waals surface area contributed by atoms with E-state index in [-0.39, 0.29) is 17.6 Å². The predicted molar refractivity (Wildman–Crippen MR) is 118 cm³/mol. The van der Waals surface area contributed by atoms with Gasteiger partial charge in [-0.05, 0) is 47.6 Å². The van der Waals surface area contributed by atoms with Gasteiger partial charge in [0.25, 0.3) is 0 Å². The van der Waals surface area contributed by atoms with Crippen LogP contribution >= 0.6 is 0 Å². The van der Waals surface area contributed by atoms with E-state index in [0.29, 0.717) is 16.8 Å². The van der Waals surface area contributed by atoms with Crippen LogP contribution in [0.15, 0.2) is 40.9 Å². The van der Waals surface area contributed by atoms with Crippen LogP contribution in [-0.4, -0.2) is 19.6 Å². The maximum Gasteiger partial charge on any atom is 0.332 e. The first-order chi connectivity index (χ1) is 14.1. The standard InChI is InChI=1S/C22H27N3O4S/c1-13(2)17-7-6-8-18(14(3)4)21(17)23-22(26)25-30(27,28)12-16-9-10-19-15(5)24-29-20(19)11-16/h6-11,13-14H,12H2,1-5H3,(H2,23,25,26). The molecule has 0 saturated carbocycles. The molecule has 0 spiro atoms. The number of hydrogen-bond donors (Lipinski definition) is 2. The molecule has 1 aromatic heterocycles. The summed E-state index contributed by atoms with van der Waals surface area (Å²) in [6.07, 6.45) is 0. The van der Waals surface area contributed by atoms with Crippen LogP contribution in [-0.2, 0) is 15.8 Å². The second-order valence-corrected chi connectivity index (χ2v) is 9.76. The van der Waals surface area contributed by atoms with E-state index < -0.39 is 16.1 Å². The third kappa shape index (κ3) is 4.81. The second-order valence-electron chi connectivity index (χ2n) is 8.03. The Bertz CT molecular complexity index is 1150. The van der Waals surface area contributed by atoms with E-state index in [4.69, 9.17) is 4.52 Å². The number of para-hydroxylation sites is 1. The Kier molecular flexibility index (Phi) is 6.17. The fraction of sp³-hybridized carbons (Fsp3) is 0.364. The SMILES string of the molecule is Cc1noc2cc(CS(=O)(=O)NC(=O)Nc3c(C(C)C)cccc3C(C)C)ccc12. The molecule has 0 aliphatic carbocycles. The molecule has 1 heterocycles. The predicted octanol–water partition coefficient (Wildman–Crippen LogP) is 5.03. The first kappa shape index (κ1) is 21.8. The number of nitrogens with one attached hydrogen (secondary N) is 2. The van der Waals surface area contributed by atoms with Crippen molar-refractivity contribution in [1.82, 2.24) is 9.88 Å². The summed E-state index contributed by atoms with van der Waals surface area (Å²) in [4.78, 5) is 12.6. The van der Waals surface area contributed by atoms with Gasteiger partial charge in [-0.15, -0.1) is 0 Å². The zero-order chi connectivity index (χ0) is 22.1. The van der Waals surface area contributed by atoms with E-state index in [1.165, 1.54) is 0 Å². The number of carbonyl (C=O) groups is 1. The van der Waals surface area contributed by atoms with Crippen molar-refractivity contribution in [2.75, 3.05) is 5.32 Å². The number of hydrogen-bond acceptors (Lipinski definition) is 5. The van der Waals surface area contributed by atoms with E-state index in [9.17, 15) is 13.2 Å². The van der Waals surface area contributed by atoms with E-state index in [2.05, 4.69) is 15.2 Å². The molecule has 0 bridgehead atoms. The smallest absolute Gasteiger partial charge is 0.332 e. The van der Waals surface area contributed by atoms with Crippen LogP contribution in [0.3, 0.4) is 0 Å². The summed E-state index contributed by atoms with van der Waals surface area (Å²) in [6, 6.07) is 10.1. The molecule has 2 N–H and O–H groups in total. The van der Waals surface area contributed by atoms with Crippen molar-refractivity contribution in [3.63, 3.8) is 0 Å². The molecule has 0 saturated heterocycles. The summed E-state index contributed by atoms with van der Waals surface area (Å²) in [5, 5.41) is 7.46. The Morgan fingerprint density at radius 3 is 2.30 bits per heavy atom. The van der Waals surface area contributed by atoms with Gasteiger partial charge < -0.3 is 9.84 Å². The molecule has 0 aliphatic rings. The van der Waals surface area contributed by atoms with Crippen molar-refractivity contribution in [2.24, 2.45) is 0 Å². The molecule has 2 amide bonds. The van der Waals surface area contributed by atoms with Crippen molar-refractivity contribution in [1.29, 1.82) is 0 Å². The summed E-state index contributed by atoms with van der Waals surface area (Å²) in [5.41, 5.74) is 4.33. The third-order valence-corrected chi connectivity index (χ3v) is 6.14. The van der Waals surface area contributed by atoms with Gasteiger partial charge in [0.1, 0.15) is 0 Å². The highest BCUT2D eigenvalue weighted by Gasteiger charge is 2.20. The highest BCUT2D eigenvalue weighted by atomic mass is 32.2. The summed E-state index contributed by atoms with van der Waals surface area (Å²) >= 11 is 0. The van der Waals surface area contributed by atoms with Crippen LogP contribution in [0.5, 0.6) is 0 Å². The van der Waals surface area contributed by atoms with E-state index in [1.807, 2.05) is 52.8 Å². The van der Waals surface area contributed by atoms with Crippen molar-refractivity contribution < 1.29 is 17.7 Å². The van der Waals surface area contributed by atoms with Crippen LogP contribution < -0.4 is 10.0 Å². The Labute approximate surface area is 176 Å². The summed E-state index contributed by atoms with van der Waals surface area (Å²) in [7, 11) is -3.91. The summed E-state index contributed by atoms with van der Waals surface area (Å²) < 4.78 is 32.4.